The van der Waals surface area contributed by atoms with Crippen LogP contribution in [-0.2, 0) is 16.4 Å². The summed E-state index contributed by atoms with van der Waals surface area (Å²) < 4.78 is 25.6. The Morgan fingerprint density at radius 3 is 2.86 bits per heavy atom. The molecule has 0 saturated carbocycles. The van der Waals surface area contributed by atoms with Crippen molar-refractivity contribution in [1.82, 2.24) is 15.5 Å². The van der Waals surface area contributed by atoms with Gasteiger partial charge in [0.1, 0.15) is 0 Å². The van der Waals surface area contributed by atoms with Crippen LogP contribution < -0.4 is 10.5 Å². The third-order valence-corrected chi connectivity index (χ3v) is 2.27. The first-order valence-corrected chi connectivity index (χ1v) is 5.76. The summed E-state index contributed by atoms with van der Waals surface area (Å²) in [6, 6.07) is 0. The summed E-state index contributed by atoms with van der Waals surface area (Å²) in [5.41, 5.74) is 0. The van der Waals surface area contributed by atoms with Crippen LogP contribution in [0.3, 0.4) is 0 Å². The number of nitrogens with one attached hydrogen (secondary N) is 1. The fourth-order valence-electron chi connectivity index (χ4n) is 0.842. The van der Waals surface area contributed by atoms with Crippen LogP contribution in [0.25, 0.3) is 0 Å². The van der Waals surface area contributed by atoms with E-state index in [1.807, 2.05) is 0 Å². The highest BCUT2D eigenvalue weighted by atomic mass is 32.2. The summed E-state index contributed by atoms with van der Waals surface area (Å²) in [7, 11) is -3.37. The van der Waals surface area contributed by atoms with Crippen molar-refractivity contribution in [3.8, 4) is 0 Å². The molecule has 0 aromatic carbocycles. The predicted octanol–water partition coefficient (Wildman–Crippen LogP) is -1.51. The van der Waals surface area contributed by atoms with Gasteiger partial charge in [-0.2, -0.15) is 4.98 Å². The Labute approximate surface area is 81.7 Å². The van der Waals surface area contributed by atoms with Gasteiger partial charge in [0.25, 0.3) is 0 Å². The number of nitrogens with two attached hydrogens (primary N) is 1. The molecule has 7 nitrogen and oxygen atoms in total. The molecular formula is C6H12N4O3S. The maximum absolute atomic E-state index is 10.5. The summed E-state index contributed by atoms with van der Waals surface area (Å²) in [5, 5.41) is 11.3. The lowest BCUT2D eigenvalue weighted by Gasteiger charge is -2.00. The zero-order chi connectivity index (χ0) is 10.4. The summed E-state index contributed by atoms with van der Waals surface area (Å²) >= 11 is 0. The first-order valence-electron chi connectivity index (χ1n) is 4.04. The van der Waals surface area contributed by atoms with E-state index in [1.54, 1.807) is 0 Å². The number of hydrogen-bond donors (Lipinski definition) is 2. The normalized spacial score (nSPS) is 11.8. The number of rotatable bonds is 6. The average molecular weight is 220 g/mol. The van der Waals surface area contributed by atoms with E-state index in [-0.39, 0.29) is 5.75 Å². The smallest absolute Gasteiger partial charge is 0.213 e. The lowest BCUT2D eigenvalue weighted by Crippen LogP contribution is -2.28. The van der Waals surface area contributed by atoms with E-state index in [4.69, 9.17) is 5.14 Å². The van der Waals surface area contributed by atoms with Gasteiger partial charge in [-0.25, -0.2) is 13.6 Å². The van der Waals surface area contributed by atoms with Gasteiger partial charge in [0.15, 0.2) is 5.82 Å². The maximum atomic E-state index is 10.5. The summed E-state index contributed by atoms with van der Waals surface area (Å²) in [6.07, 6.45) is 1.85. The Morgan fingerprint density at radius 2 is 2.29 bits per heavy atom. The molecule has 0 amide bonds. The van der Waals surface area contributed by atoms with E-state index >= 15 is 0 Å². The predicted molar refractivity (Wildman–Crippen MR) is 48.8 cm³/mol. The highest BCUT2D eigenvalue weighted by Crippen LogP contribution is 1.87. The lowest BCUT2D eigenvalue weighted by molar-refractivity contribution is 0.409. The zero-order valence-corrected chi connectivity index (χ0v) is 8.33. The van der Waals surface area contributed by atoms with E-state index in [1.165, 1.54) is 6.39 Å². The Morgan fingerprint density at radius 1 is 1.50 bits per heavy atom. The van der Waals surface area contributed by atoms with Gasteiger partial charge in [-0.05, 0) is 0 Å². The molecule has 0 aliphatic heterocycles. The highest BCUT2D eigenvalue weighted by Gasteiger charge is 2.01. The second kappa shape index (κ2) is 5.03. The molecule has 80 valence electrons. The molecule has 0 spiro atoms. The van der Waals surface area contributed by atoms with Gasteiger partial charge < -0.3 is 9.84 Å². The molecule has 0 aliphatic rings. The van der Waals surface area contributed by atoms with Crippen molar-refractivity contribution in [2.24, 2.45) is 5.14 Å². The van der Waals surface area contributed by atoms with Gasteiger partial charge in [0.2, 0.25) is 16.4 Å². The van der Waals surface area contributed by atoms with E-state index in [2.05, 4.69) is 20.0 Å². The molecule has 1 rings (SSSR count). The van der Waals surface area contributed by atoms with Crippen molar-refractivity contribution in [2.45, 2.75) is 6.42 Å². The summed E-state index contributed by atoms with van der Waals surface area (Å²) in [4.78, 5) is 3.80. The van der Waals surface area contributed by atoms with Crippen molar-refractivity contribution in [3.63, 3.8) is 0 Å². The first kappa shape index (κ1) is 11.1. The fourth-order valence-corrected chi connectivity index (χ4v) is 1.27. The van der Waals surface area contributed by atoms with Gasteiger partial charge in [0, 0.05) is 19.5 Å². The van der Waals surface area contributed by atoms with E-state index in [0.29, 0.717) is 25.3 Å². The van der Waals surface area contributed by atoms with Crippen molar-refractivity contribution in [2.75, 3.05) is 18.8 Å². The van der Waals surface area contributed by atoms with Crippen LogP contribution in [-0.4, -0.2) is 37.4 Å². The van der Waals surface area contributed by atoms with Crippen LogP contribution in [0.15, 0.2) is 10.9 Å². The molecule has 14 heavy (non-hydrogen) atoms. The minimum Gasteiger partial charge on any atom is -0.343 e. The van der Waals surface area contributed by atoms with E-state index < -0.39 is 10.0 Å². The number of hydrogen-bond acceptors (Lipinski definition) is 6. The molecule has 1 aromatic rings. The Balaban J connectivity index is 2.06. The summed E-state index contributed by atoms with van der Waals surface area (Å²) in [5.74, 6) is 0.521. The van der Waals surface area contributed by atoms with Crippen molar-refractivity contribution in [3.05, 3.63) is 12.2 Å². The van der Waals surface area contributed by atoms with Crippen molar-refractivity contribution >= 4 is 10.0 Å². The average Bonchev–Trinajstić information content (AvgIpc) is 2.54. The van der Waals surface area contributed by atoms with Crippen LogP contribution in [0.2, 0.25) is 0 Å². The molecule has 0 aliphatic carbocycles. The summed E-state index contributed by atoms with van der Waals surface area (Å²) in [6.45, 7) is 0.922. The molecular weight excluding hydrogens is 208 g/mol. The van der Waals surface area contributed by atoms with E-state index in [0.717, 1.165) is 0 Å². The van der Waals surface area contributed by atoms with Crippen LogP contribution in [0, 0.1) is 0 Å². The van der Waals surface area contributed by atoms with Crippen molar-refractivity contribution < 1.29 is 12.9 Å². The number of nitrogens with zero attached hydrogens (tertiary/aromatic N) is 2. The van der Waals surface area contributed by atoms with Gasteiger partial charge in [0.05, 0.1) is 5.75 Å². The third-order valence-electron chi connectivity index (χ3n) is 1.50. The van der Waals surface area contributed by atoms with Crippen LogP contribution in [0.5, 0.6) is 0 Å². The molecule has 0 radical (unpaired) electrons. The third kappa shape index (κ3) is 4.90. The van der Waals surface area contributed by atoms with Crippen LogP contribution in [0.4, 0.5) is 0 Å². The van der Waals surface area contributed by atoms with Crippen LogP contribution in [0.1, 0.15) is 5.82 Å². The molecule has 8 heteroatoms. The monoisotopic (exact) mass is 220 g/mol. The lowest BCUT2D eigenvalue weighted by atomic mass is 10.4. The Hall–Kier alpha value is -0.990. The SMILES string of the molecule is NS(=O)(=O)CCNCCc1ncon1. The van der Waals surface area contributed by atoms with Crippen molar-refractivity contribution in [1.29, 1.82) is 0 Å². The second-order valence-corrected chi connectivity index (χ2v) is 4.45. The van der Waals surface area contributed by atoms with Gasteiger partial charge >= 0.3 is 0 Å². The standard InChI is InChI=1S/C6H12N4O3S/c7-14(11,12)4-3-8-2-1-6-9-5-13-10-6/h5,8H,1-4H2,(H2,7,11,12). The number of sulfonamides is 1. The number of primary sulfonamides is 1. The second-order valence-electron chi connectivity index (χ2n) is 2.71. The van der Waals surface area contributed by atoms with Gasteiger partial charge in [-0.1, -0.05) is 5.16 Å². The molecule has 1 heterocycles. The largest absolute Gasteiger partial charge is 0.343 e. The first-order chi connectivity index (χ1) is 6.58. The van der Waals surface area contributed by atoms with Gasteiger partial charge in [-0.15, -0.1) is 0 Å². The molecule has 1 aromatic heterocycles. The molecule has 3 N–H and O–H groups in total. The Bertz CT molecular complexity index is 347. The highest BCUT2D eigenvalue weighted by molar-refractivity contribution is 7.89. The maximum Gasteiger partial charge on any atom is 0.213 e. The van der Waals surface area contributed by atoms with E-state index in [9.17, 15) is 8.42 Å². The van der Waals surface area contributed by atoms with Crippen LogP contribution >= 0.6 is 0 Å². The fraction of sp³-hybridized carbons (Fsp3) is 0.667. The molecule has 0 saturated heterocycles. The van der Waals surface area contributed by atoms with Gasteiger partial charge in [-0.3, -0.25) is 0 Å². The molecule has 0 unspecified atom stereocenters. The molecule has 0 atom stereocenters. The minimum absolute atomic E-state index is 0.0702. The molecule has 0 bridgehead atoms. The minimum atomic E-state index is -3.37. The quantitative estimate of drug-likeness (QED) is 0.564. The molecule has 0 fully saturated rings. The topological polar surface area (TPSA) is 111 Å². The Kier molecular flexibility index (Phi) is 3.98. The zero-order valence-electron chi connectivity index (χ0n) is 7.51. The number of aromatic nitrogens is 2.